The van der Waals surface area contributed by atoms with Gasteiger partial charge in [0, 0.05) is 38.9 Å². The molecule has 3 aliphatic heterocycles. The minimum Gasteiger partial charge on any atom is -0.454 e. The number of ether oxygens (including phenoxy) is 2. The van der Waals surface area contributed by atoms with Crippen LogP contribution in [0.3, 0.4) is 0 Å². The van der Waals surface area contributed by atoms with Crippen LogP contribution < -0.4 is 19.9 Å². The van der Waals surface area contributed by atoms with Crippen molar-refractivity contribution >= 4 is 51.7 Å². The van der Waals surface area contributed by atoms with Crippen LogP contribution in [-0.2, 0) is 17.9 Å². The molecule has 12 heteroatoms. The van der Waals surface area contributed by atoms with Gasteiger partial charge >= 0.3 is 0 Å². The Balaban J connectivity index is 1.17. The second-order valence-corrected chi connectivity index (χ2v) is 12.6. The first kappa shape index (κ1) is 28.5. The summed E-state index contributed by atoms with van der Waals surface area (Å²) >= 11 is 6.69. The molecule has 2 aromatic carbocycles. The van der Waals surface area contributed by atoms with Crippen molar-refractivity contribution in [1.29, 1.82) is 0 Å². The van der Waals surface area contributed by atoms with Crippen molar-refractivity contribution in [1.82, 2.24) is 19.2 Å². The molecule has 7 rings (SSSR count). The molecular weight excluding hydrogens is 602 g/mol. The van der Waals surface area contributed by atoms with Gasteiger partial charge in [-0.25, -0.2) is 9.37 Å². The molecule has 0 aliphatic carbocycles. The Bertz CT molecular complexity index is 1890. The number of carbonyl (C=O) groups excluding carboxylic acids is 1. The fraction of sp³-hybridized carbons (Fsp3) is 0.250. The zero-order valence-corrected chi connectivity index (χ0v) is 25.5. The molecule has 2 aromatic heterocycles. The van der Waals surface area contributed by atoms with E-state index in [9.17, 15) is 14.0 Å². The molecule has 9 nitrogen and oxygen atoms in total. The standard InChI is InChI=1S/C32H28FN5O4S2/c1-20-3-2-10-37-28(20)34-29(36-13-11-35(12-14-36)17-22-6-9-25-26(15-22)42-19-41-25)24(30(37)39)16-27-31(40)38(32(43)44-27)18-21-4-7-23(33)8-5-21/h2-10,15-16H,11-14,17-19H2,1H3/b27-16+. The summed E-state index contributed by atoms with van der Waals surface area (Å²) in [7, 11) is 0. The topological polar surface area (TPSA) is 79.6 Å². The number of aromatic nitrogens is 2. The number of hydrogen-bond acceptors (Lipinski definition) is 9. The lowest BCUT2D eigenvalue weighted by molar-refractivity contribution is -0.122. The fourth-order valence-electron chi connectivity index (χ4n) is 5.62. The maximum absolute atomic E-state index is 13.9. The van der Waals surface area contributed by atoms with Crippen LogP contribution in [0.4, 0.5) is 10.2 Å². The predicted molar refractivity (Wildman–Crippen MR) is 171 cm³/mol. The number of rotatable bonds is 6. The van der Waals surface area contributed by atoms with Crippen LogP contribution in [0, 0.1) is 12.7 Å². The molecule has 0 saturated carbocycles. The number of pyridine rings is 1. The highest BCUT2D eigenvalue weighted by Gasteiger charge is 2.33. The average molecular weight is 630 g/mol. The molecule has 0 atom stereocenters. The van der Waals surface area contributed by atoms with Crippen LogP contribution >= 0.6 is 24.0 Å². The van der Waals surface area contributed by atoms with E-state index in [1.165, 1.54) is 21.4 Å². The molecule has 0 radical (unpaired) electrons. The summed E-state index contributed by atoms with van der Waals surface area (Å²) in [4.78, 5) is 38.7. The molecule has 0 unspecified atom stereocenters. The van der Waals surface area contributed by atoms with Gasteiger partial charge in [-0.2, -0.15) is 0 Å². The zero-order chi connectivity index (χ0) is 30.4. The van der Waals surface area contributed by atoms with E-state index in [-0.39, 0.29) is 30.6 Å². The number of thiocarbonyl (C=S) groups is 1. The minimum atomic E-state index is -0.347. The third kappa shape index (κ3) is 5.44. The van der Waals surface area contributed by atoms with Gasteiger partial charge in [-0.3, -0.25) is 23.8 Å². The molecule has 0 spiro atoms. The number of carbonyl (C=O) groups is 1. The summed E-state index contributed by atoms with van der Waals surface area (Å²) < 4.78 is 26.3. The highest BCUT2D eigenvalue weighted by molar-refractivity contribution is 8.26. The summed E-state index contributed by atoms with van der Waals surface area (Å²) in [5.41, 5.74) is 3.45. The number of benzene rings is 2. The SMILES string of the molecule is Cc1cccn2c(=O)c(/C=C3/SC(=S)N(Cc4ccc(F)cc4)C3=O)c(N3CCN(Cc4ccc5c(c4)OCO5)CC3)nc12. The van der Waals surface area contributed by atoms with E-state index in [1.54, 1.807) is 24.4 Å². The Labute approximate surface area is 262 Å². The molecule has 44 heavy (non-hydrogen) atoms. The van der Waals surface area contributed by atoms with Crippen LogP contribution in [0.15, 0.2) is 70.5 Å². The van der Waals surface area contributed by atoms with Gasteiger partial charge in [0.1, 0.15) is 21.6 Å². The number of piperazine rings is 1. The Hall–Kier alpha value is -4.26. The van der Waals surface area contributed by atoms with E-state index in [0.717, 1.165) is 59.6 Å². The maximum Gasteiger partial charge on any atom is 0.267 e. The number of fused-ring (bicyclic) bond motifs is 2. The van der Waals surface area contributed by atoms with Crippen molar-refractivity contribution in [2.24, 2.45) is 0 Å². The Morgan fingerprint density at radius 2 is 1.73 bits per heavy atom. The van der Waals surface area contributed by atoms with E-state index in [2.05, 4.69) is 15.9 Å². The smallest absolute Gasteiger partial charge is 0.267 e. The first-order valence-corrected chi connectivity index (χ1v) is 15.4. The van der Waals surface area contributed by atoms with Gasteiger partial charge in [0.25, 0.3) is 11.5 Å². The number of hydrogen-bond donors (Lipinski definition) is 0. The number of thioether (sulfide) groups is 1. The van der Waals surface area contributed by atoms with Crippen LogP contribution in [-0.4, -0.2) is 62.4 Å². The summed E-state index contributed by atoms with van der Waals surface area (Å²) in [6.45, 7) is 6.00. The zero-order valence-electron chi connectivity index (χ0n) is 23.9. The normalized spacial score (nSPS) is 17.8. The van der Waals surface area contributed by atoms with Gasteiger partial charge in [0.2, 0.25) is 6.79 Å². The first-order chi connectivity index (χ1) is 21.3. The molecule has 1 amide bonds. The van der Waals surface area contributed by atoms with Gasteiger partial charge in [-0.05, 0) is 60.0 Å². The molecule has 5 heterocycles. The van der Waals surface area contributed by atoms with Crippen LogP contribution in [0.2, 0.25) is 0 Å². The lowest BCUT2D eigenvalue weighted by Crippen LogP contribution is -2.47. The molecule has 0 N–H and O–H groups in total. The summed E-state index contributed by atoms with van der Waals surface area (Å²) in [6, 6.07) is 15.7. The van der Waals surface area contributed by atoms with Gasteiger partial charge in [-0.15, -0.1) is 0 Å². The molecule has 0 bridgehead atoms. The van der Waals surface area contributed by atoms with E-state index in [4.69, 9.17) is 26.7 Å². The van der Waals surface area contributed by atoms with Crippen molar-refractivity contribution in [2.45, 2.75) is 20.0 Å². The van der Waals surface area contributed by atoms with Crippen molar-refractivity contribution in [3.05, 3.63) is 104 Å². The molecule has 2 saturated heterocycles. The lowest BCUT2D eigenvalue weighted by atomic mass is 10.1. The first-order valence-electron chi connectivity index (χ1n) is 14.2. The highest BCUT2D eigenvalue weighted by Crippen LogP contribution is 2.35. The molecule has 224 valence electrons. The largest absolute Gasteiger partial charge is 0.454 e. The Kier molecular flexibility index (Phi) is 7.57. The fourth-order valence-corrected chi connectivity index (χ4v) is 6.86. The highest BCUT2D eigenvalue weighted by atomic mass is 32.2. The third-order valence-corrected chi connectivity index (χ3v) is 9.36. The monoisotopic (exact) mass is 629 g/mol. The summed E-state index contributed by atoms with van der Waals surface area (Å²) in [6.07, 6.45) is 3.32. The van der Waals surface area contributed by atoms with Crippen molar-refractivity contribution in [3.8, 4) is 11.5 Å². The van der Waals surface area contributed by atoms with Crippen molar-refractivity contribution in [2.75, 3.05) is 37.9 Å². The number of anilines is 1. The molecule has 3 aliphatic rings. The summed E-state index contributed by atoms with van der Waals surface area (Å²) in [5, 5.41) is 0. The van der Waals surface area contributed by atoms with Crippen LogP contribution in [0.25, 0.3) is 11.7 Å². The number of halogens is 1. The second-order valence-electron chi connectivity index (χ2n) is 10.9. The van der Waals surface area contributed by atoms with Gasteiger partial charge in [0.15, 0.2) is 11.5 Å². The lowest BCUT2D eigenvalue weighted by Gasteiger charge is -2.36. The van der Waals surface area contributed by atoms with Gasteiger partial charge < -0.3 is 14.4 Å². The van der Waals surface area contributed by atoms with E-state index in [0.29, 0.717) is 39.3 Å². The van der Waals surface area contributed by atoms with Gasteiger partial charge in [0.05, 0.1) is 17.0 Å². The van der Waals surface area contributed by atoms with E-state index >= 15 is 0 Å². The quantitative estimate of drug-likeness (QED) is 0.225. The second kappa shape index (κ2) is 11.7. The number of nitrogens with zero attached hydrogens (tertiary/aromatic N) is 5. The van der Waals surface area contributed by atoms with Crippen molar-refractivity contribution in [3.63, 3.8) is 0 Å². The Morgan fingerprint density at radius 1 is 0.977 bits per heavy atom. The molecular formula is C32H28FN5O4S2. The molecule has 4 aromatic rings. The predicted octanol–water partition coefficient (Wildman–Crippen LogP) is 4.59. The number of amides is 1. The average Bonchev–Trinajstić information content (AvgIpc) is 3.60. The van der Waals surface area contributed by atoms with Crippen LogP contribution in [0.1, 0.15) is 22.3 Å². The van der Waals surface area contributed by atoms with E-state index < -0.39 is 0 Å². The molecule has 2 fully saturated rings. The van der Waals surface area contributed by atoms with Crippen LogP contribution in [0.5, 0.6) is 11.5 Å². The van der Waals surface area contributed by atoms with E-state index in [1.807, 2.05) is 31.2 Å². The Morgan fingerprint density at radius 3 is 2.52 bits per heavy atom. The minimum absolute atomic E-state index is 0.217. The summed E-state index contributed by atoms with van der Waals surface area (Å²) in [5.74, 6) is 1.45. The third-order valence-electron chi connectivity index (χ3n) is 7.98. The maximum atomic E-state index is 13.9. The van der Waals surface area contributed by atoms with Gasteiger partial charge in [-0.1, -0.05) is 48.2 Å². The number of aryl methyl sites for hydroxylation is 1. The van der Waals surface area contributed by atoms with Crippen molar-refractivity contribution < 1.29 is 18.7 Å².